The maximum Gasteiger partial charge on any atom is 0.0689 e. The van der Waals surface area contributed by atoms with E-state index >= 15 is 0 Å². The van der Waals surface area contributed by atoms with Crippen LogP contribution < -0.4 is 15.5 Å². The Morgan fingerprint density at radius 3 is 2.50 bits per heavy atom. The SMILES string of the molecule is c1ccc(N2CNCC23CCNCC3)cc1. The fraction of sp³-hybridized carbons (Fsp3) is 0.538. The van der Waals surface area contributed by atoms with E-state index < -0.39 is 0 Å². The van der Waals surface area contributed by atoms with Gasteiger partial charge in [-0.1, -0.05) is 18.2 Å². The average Bonchev–Trinajstić information content (AvgIpc) is 2.75. The molecule has 0 amide bonds. The van der Waals surface area contributed by atoms with Crippen LogP contribution in [0.5, 0.6) is 0 Å². The molecule has 2 saturated heterocycles. The molecule has 0 aliphatic carbocycles. The fourth-order valence-electron chi connectivity index (χ4n) is 2.98. The van der Waals surface area contributed by atoms with Gasteiger partial charge in [0.2, 0.25) is 0 Å². The van der Waals surface area contributed by atoms with Gasteiger partial charge in [-0.2, -0.15) is 0 Å². The molecule has 0 radical (unpaired) electrons. The largest absolute Gasteiger partial charge is 0.352 e. The van der Waals surface area contributed by atoms with Gasteiger partial charge >= 0.3 is 0 Å². The molecule has 2 fully saturated rings. The Hall–Kier alpha value is -1.06. The molecule has 3 heteroatoms. The summed E-state index contributed by atoms with van der Waals surface area (Å²) in [7, 11) is 0. The van der Waals surface area contributed by atoms with Gasteiger partial charge in [0.25, 0.3) is 0 Å². The highest BCUT2D eigenvalue weighted by molar-refractivity contribution is 5.50. The number of nitrogens with zero attached hydrogens (tertiary/aromatic N) is 1. The molecule has 0 unspecified atom stereocenters. The third kappa shape index (κ3) is 1.60. The molecule has 16 heavy (non-hydrogen) atoms. The van der Waals surface area contributed by atoms with Gasteiger partial charge in [-0.3, -0.25) is 5.32 Å². The second-order valence-corrected chi connectivity index (χ2v) is 4.82. The van der Waals surface area contributed by atoms with Crippen LogP contribution in [0.1, 0.15) is 12.8 Å². The van der Waals surface area contributed by atoms with Crippen molar-refractivity contribution in [1.29, 1.82) is 0 Å². The molecule has 0 bridgehead atoms. The Morgan fingerprint density at radius 2 is 1.75 bits per heavy atom. The third-order valence-corrected chi connectivity index (χ3v) is 3.90. The van der Waals surface area contributed by atoms with E-state index in [1.54, 1.807) is 0 Å². The number of anilines is 1. The number of hydrogen-bond donors (Lipinski definition) is 2. The third-order valence-electron chi connectivity index (χ3n) is 3.90. The summed E-state index contributed by atoms with van der Waals surface area (Å²) in [6.45, 7) is 4.41. The molecular weight excluding hydrogens is 198 g/mol. The van der Waals surface area contributed by atoms with Crippen molar-refractivity contribution in [3.05, 3.63) is 30.3 Å². The van der Waals surface area contributed by atoms with Crippen molar-refractivity contribution < 1.29 is 0 Å². The maximum absolute atomic E-state index is 3.53. The van der Waals surface area contributed by atoms with E-state index in [9.17, 15) is 0 Å². The molecule has 2 N–H and O–H groups in total. The second kappa shape index (κ2) is 4.07. The Labute approximate surface area is 96.8 Å². The van der Waals surface area contributed by atoms with E-state index in [0.29, 0.717) is 5.54 Å². The first kappa shape index (κ1) is 10.1. The monoisotopic (exact) mass is 217 g/mol. The van der Waals surface area contributed by atoms with Crippen molar-refractivity contribution >= 4 is 5.69 Å². The van der Waals surface area contributed by atoms with Gasteiger partial charge in [0.1, 0.15) is 0 Å². The smallest absolute Gasteiger partial charge is 0.0689 e. The van der Waals surface area contributed by atoms with Crippen LogP contribution >= 0.6 is 0 Å². The molecule has 1 spiro atoms. The van der Waals surface area contributed by atoms with Gasteiger partial charge in [0, 0.05) is 12.2 Å². The normalized spacial score (nSPS) is 23.9. The van der Waals surface area contributed by atoms with Crippen LogP contribution in [0.2, 0.25) is 0 Å². The summed E-state index contributed by atoms with van der Waals surface area (Å²) < 4.78 is 0. The molecule has 2 aliphatic rings. The number of piperidine rings is 1. The first-order chi connectivity index (χ1) is 7.91. The zero-order valence-corrected chi connectivity index (χ0v) is 9.58. The first-order valence-corrected chi connectivity index (χ1v) is 6.15. The minimum Gasteiger partial charge on any atom is -0.352 e. The summed E-state index contributed by atoms with van der Waals surface area (Å²) >= 11 is 0. The van der Waals surface area contributed by atoms with Gasteiger partial charge in [0.15, 0.2) is 0 Å². The Bertz CT molecular complexity index is 343. The molecule has 2 aliphatic heterocycles. The summed E-state index contributed by atoms with van der Waals surface area (Å²) in [4.78, 5) is 2.55. The van der Waals surface area contributed by atoms with E-state index in [1.165, 1.54) is 18.5 Å². The second-order valence-electron chi connectivity index (χ2n) is 4.82. The molecular formula is C13H19N3. The fourth-order valence-corrected chi connectivity index (χ4v) is 2.98. The van der Waals surface area contributed by atoms with Crippen molar-refractivity contribution in [2.24, 2.45) is 0 Å². The molecule has 3 rings (SSSR count). The van der Waals surface area contributed by atoms with E-state index in [0.717, 1.165) is 26.3 Å². The number of para-hydroxylation sites is 1. The highest BCUT2D eigenvalue weighted by atomic mass is 15.4. The Kier molecular flexibility index (Phi) is 2.58. The highest BCUT2D eigenvalue weighted by Gasteiger charge is 2.41. The van der Waals surface area contributed by atoms with Crippen molar-refractivity contribution in [2.75, 3.05) is 31.2 Å². The minimum atomic E-state index is 0.354. The average molecular weight is 217 g/mol. The molecule has 1 aromatic carbocycles. The van der Waals surface area contributed by atoms with Gasteiger partial charge in [0.05, 0.1) is 12.2 Å². The maximum atomic E-state index is 3.53. The summed E-state index contributed by atoms with van der Waals surface area (Å²) in [5, 5.41) is 6.98. The van der Waals surface area contributed by atoms with Crippen LogP contribution in [0.15, 0.2) is 30.3 Å². The number of hydrogen-bond acceptors (Lipinski definition) is 3. The molecule has 0 atom stereocenters. The predicted molar refractivity (Wildman–Crippen MR) is 66.6 cm³/mol. The number of nitrogens with one attached hydrogen (secondary N) is 2. The zero-order chi connectivity index (χ0) is 10.8. The summed E-state index contributed by atoms with van der Waals surface area (Å²) in [6.07, 6.45) is 2.49. The Morgan fingerprint density at radius 1 is 1.00 bits per heavy atom. The molecule has 1 aromatic rings. The lowest BCUT2D eigenvalue weighted by Gasteiger charge is -2.42. The topological polar surface area (TPSA) is 27.3 Å². The molecule has 86 valence electrons. The van der Waals surface area contributed by atoms with E-state index in [4.69, 9.17) is 0 Å². The van der Waals surface area contributed by atoms with Crippen molar-refractivity contribution in [3.63, 3.8) is 0 Å². The van der Waals surface area contributed by atoms with E-state index in [2.05, 4.69) is 45.9 Å². The van der Waals surface area contributed by atoms with Gasteiger partial charge in [-0.05, 0) is 38.1 Å². The minimum absolute atomic E-state index is 0.354. The highest BCUT2D eigenvalue weighted by Crippen LogP contribution is 2.33. The van der Waals surface area contributed by atoms with Crippen molar-refractivity contribution in [3.8, 4) is 0 Å². The summed E-state index contributed by atoms with van der Waals surface area (Å²) in [5.41, 5.74) is 1.71. The van der Waals surface area contributed by atoms with Crippen LogP contribution in [0, 0.1) is 0 Å². The Balaban J connectivity index is 1.89. The standard InChI is InChI=1S/C13H19N3/c1-2-4-12(5-3-1)16-11-15-10-13(16)6-8-14-9-7-13/h1-5,14-15H,6-11H2. The number of rotatable bonds is 1. The van der Waals surface area contributed by atoms with Crippen LogP contribution in [-0.2, 0) is 0 Å². The van der Waals surface area contributed by atoms with Gasteiger partial charge in [-0.15, -0.1) is 0 Å². The molecule has 0 saturated carbocycles. The molecule has 2 heterocycles. The van der Waals surface area contributed by atoms with Gasteiger partial charge in [-0.25, -0.2) is 0 Å². The predicted octanol–water partition coefficient (Wildman–Crippen LogP) is 1.18. The number of benzene rings is 1. The van der Waals surface area contributed by atoms with E-state index in [-0.39, 0.29) is 0 Å². The van der Waals surface area contributed by atoms with Crippen LogP contribution in [0.25, 0.3) is 0 Å². The lowest BCUT2D eigenvalue weighted by molar-refractivity contribution is 0.327. The van der Waals surface area contributed by atoms with E-state index in [1.807, 2.05) is 0 Å². The summed E-state index contributed by atoms with van der Waals surface area (Å²) in [5.74, 6) is 0. The first-order valence-electron chi connectivity index (χ1n) is 6.15. The zero-order valence-electron chi connectivity index (χ0n) is 9.58. The lowest BCUT2D eigenvalue weighted by Crippen LogP contribution is -2.53. The quantitative estimate of drug-likeness (QED) is 0.739. The van der Waals surface area contributed by atoms with Crippen LogP contribution in [0.3, 0.4) is 0 Å². The van der Waals surface area contributed by atoms with Crippen molar-refractivity contribution in [1.82, 2.24) is 10.6 Å². The van der Waals surface area contributed by atoms with Crippen LogP contribution in [-0.4, -0.2) is 31.8 Å². The molecule has 3 nitrogen and oxygen atoms in total. The van der Waals surface area contributed by atoms with Gasteiger partial charge < -0.3 is 10.2 Å². The van der Waals surface area contributed by atoms with Crippen LogP contribution in [0.4, 0.5) is 5.69 Å². The van der Waals surface area contributed by atoms with Crippen molar-refractivity contribution in [2.45, 2.75) is 18.4 Å². The summed E-state index contributed by atoms with van der Waals surface area (Å²) in [6, 6.07) is 10.8. The molecule has 0 aromatic heterocycles. The lowest BCUT2D eigenvalue weighted by atomic mass is 9.87.